The minimum absolute atomic E-state index is 0.0739. The molecule has 29 heavy (non-hydrogen) atoms. The molecule has 0 aliphatic carbocycles. The fourth-order valence-corrected chi connectivity index (χ4v) is 4.23. The number of urea groups is 1. The minimum atomic E-state index is -0.688. The van der Waals surface area contributed by atoms with Crippen LogP contribution in [0.5, 0.6) is 0 Å². The van der Waals surface area contributed by atoms with Crippen molar-refractivity contribution in [3.8, 4) is 0 Å². The molecule has 4 rings (SSSR count). The molecule has 154 valence electrons. The van der Waals surface area contributed by atoms with Gasteiger partial charge in [0.1, 0.15) is 12.3 Å². The third-order valence-corrected chi connectivity index (χ3v) is 5.50. The molecule has 0 aromatic carbocycles. The van der Waals surface area contributed by atoms with Crippen molar-refractivity contribution in [1.82, 2.24) is 14.7 Å². The second kappa shape index (κ2) is 7.14. The molecule has 0 spiro atoms. The van der Waals surface area contributed by atoms with Gasteiger partial charge in [0.15, 0.2) is 11.6 Å². The van der Waals surface area contributed by atoms with Crippen LogP contribution in [0.15, 0.2) is 34.6 Å². The maximum absolute atomic E-state index is 13.4. The number of rotatable bonds is 3. The average Bonchev–Trinajstić information content (AvgIpc) is 3.32. The second-order valence-electron chi connectivity index (χ2n) is 7.76. The Morgan fingerprint density at radius 2 is 1.86 bits per heavy atom. The van der Waals surface area contributed by atoms with Crippen molar-refractivity contribution < 1.29 is 28.1 Å². The Bertz CT molecular complexity index is 909. The number of hydrogen-bond acceptors (Lipinski definition) is 5. The Balaban J connectivity index is 1.75. The van der Waals surface area contributed by atoms with E-state index in [1.54, 1.807) is 41.0 Å². The zero-order valence-electron chi connectivity index (χ0n) is 17.0. The summed E-state index contributed by atoms with van der Waals surface area (Å²) < 4.78 is 12.9. The lowest BCUT2D eigenvalue weighted by Gasteiger charge is -2.35. The van der Waals surface area contributed by atoms with Crippen LogP contribution in [0.4, 0.5) is 4.79 Å². The summed E-state index contributed by atoms with van der Waals surface area (Å²) in [7, 11) is 3.07. The van der Waals surface area contributed by atoms with Gasteiger partial charge in [-0.2, -0.15) is 4.90 Å². The number of imide groups is 1. The summed E-state index contributed by atoms with van der Waals surface area (Å²) >= 11 is 0. The molecule has 3 aliphatic rings. The summed E-state index contributed by atoms with van der Waals surface area (Å²) in [6.07, 6.45) is 3.07. The van der Waals surface area contributed by atoms with Crippen molar-refractivity contribution in [2.45, 2.75) is 32.6 Å². The van der Waals surface area contributed by atoms with Gasteiger partial charge in [-0.3, -0.25) is 9.59 Å². The van der Waals surface area contributed by atoms with Gasteiger partial charge in [-0.1, -0.05) is 0 Å². The first-order valence-corrected chi connectivity index (χ1v) is 9.66. The molecule has 2 saturated heterocycles. The number of fused-ring (bicyclic) bond motifs is 1. The quantitative estimate of drug-likeness (QED) is 0.702. The van der Waals surface area contributed by atoms with Crippen LogP contribution in [0.1, 0.15) is 19.6 Å². The van der Waals surface area contributed by atoms with E-state index in [-0.39, 0.29) is 30.6 Å². The lowest BCUT2D eigenvalue weighted by molar-refractivity contribution is -0.493. The fraction of sp³-hybridized carbons (Fsp3) is 0.500. The summed E-state index contributed by atoms with van der Waals surface area (Å²) in [6.45, 7) is 5.05. The zero-order valence-corrected chi connectivity index (χ0v) is 17.0. The van der Waals surface area contributed by atoms with E-state index in [4.69, 9.17) is 9.15 Å². The topological polar surface area (TPSA) is 86.3 Å². The number of morpholine rings is 1. The van der Waals surface area contributed by atoms with Crippen molar-refractivity contribution in [2.24, 2.45) is 5.92 Å². The Hall–Kier alpha value is -2.94. The van der Waals surface area contributed by atoms with E-state index < -0.39 is 11.9 Å². The van der Waals surface area contributed by atoms with Gasteiger partial charge in [-0.15, -0.1) is 0 Å². The molecule has 4 amide bonds. The second-order valence-corrected chi connectivity index (χ2v) is 7.76. The normalized spacial score (nSPS) is 27.5. The molecule has 0 N–H and O–H groups in total. The van der Waals surface area contributed by atoms with Crippen LogP contribution >= 0.6 is 0 Å². The lowest BCUT2D eigenvalue weighted by Crippen LogP contribution is -2.57. The molecular formula is C20H25N4O5+. The molecule has 0 bridgehead atoms. The van der Waals surface area contributed by atoms with Crippen LogP contribution in [-0.2, 0) is 20.9 Å². The number of ether oxygens (including phenoxy) is 1. The first kappa shape index (κ1) is 19.4. The highest BCUT2D eigenvalue weighted by Gasteiger charge is 2.52. The van der Waals surface area contributed by atoms with Gasteiger partial charge in [0.25, 0.3) is 17.6 Å². The highest BCUT2D eigenvalue weighted by molar-refractivity contribution is 6.19. The van der Waals surface area contributed by atoms with Crippen LogP contribution < -0.4 is 0 Å². The van der Waals surface area contributed by atoms with Crippen molar-refractivity contribution in [1.29, 1.82) is 0 Å². The first-order chi connectivity index (χ1) is 13.8. The SMILES string of the molecule is CC1CN(C(=O)C2=CC3C(=O)N(C)C(=O)N(C)C3=[N+]2Cc2ccco2)CC(C)O1. The predicted octanol–water partition coefficient (Wildman–Crippen LogP) is 0.864. The van der Waals surface area contributed by atoms with Crippen LogP contribution in [0, 0.1) is 5.92 Å². The predicted molar refractivity (Wildman–Crippen MR) is 102 cm³/mol. The highest BCUT2D eigenvalue weighted by Crippen LogP contribution is 2.28. The third kappa shape index (κ3) is 3.25. The standard InChI is InChI=1S/C20H25N4O5/c1-12-9-23(10-13(2)29-12)19(26)16-8-15-17(21(3)20(27)22(4)18(15)25)24(16)11-14-6-5-7-28-14/h5-8,12-13,15H,9-11H2,1-4H3/q+1. The van der Waals surface area contributed by atoms with Gasteiger partial charge in [-0.25, -0.2) is 14.3 Å². The highest BCUT2D eigenvalue weighted by atomic mass is 16.5. The number of amidine groups is 1. The largest absolute Gasteiger partial charge is 0.465 e. The molecule has 3 aliphatic heterocycles. The van der Waals surface area contributed by atoms with E-state index in [0.29, 0.717) is 30.4 Å². The molecule has 3 atom stereocenters. The minimum Gasteiger partial charge on any atom is -0.465 e. The van der Waals surface area contributed by atoms with Crippen molar-refractivity contribution >= 4 is 23.7 Å². The number of carbonyl (C=O) groups excluding carboxylic acids is 3. The molecule has 0 saturated carbocycles. The smallest absolute Gasteiger partial charge is 0.417 e. The van der Waals surface area contributed by atoms with Crippen LogP contribution in [-0.4, -0.2) is 82.3 Å². The summed E-state index contributed by atoms with van der Waals surface area (Å²) in [5, 5.41) is 0. The van der Waals surface area contributed by atoms with Crippen LogP contribution in [0.25, 0.3) is 0 Å². The maximum atomic E-state index is 13.4. The number of amides is 4. The van der Waals surface area contributed by atoms with Crippen LogP contribution in [0.3, 0.4) is 0 Å². The summed E-state index contributed by atoms with van der Waals surface area (Å²) in [5.74, 6) is -0.108. The van der Waals surface area contributed by atoms with E-state index in [0.717, 1.165) is 4.90 Å². The fourth-order valence-electron chi connectivity index (χ4n) is 4.23. The van der Waals surface area contributed by atoms with Gasteiger partial charge in [0, 0.05) is 20.1 Å². The molecular weight excluding hydrogens is 376 g/mol. The Morgan fingerprint density at radius 1 is 1.17 bits per heavy atom. The van der Waals surface area contributed by atoms with Gasteiger partial charge in [0.05, 0.1) is 25.5 Å². The lowest BCUT2D eigenvalue weighted by atomic mass is 10.0. The summed E-state index contributed by atoms with van der Waals surface area (Å²) in [4.78, 5) is 43.0. The Morgan fingerprint density at radius 3 is 2.48 bits per heavy atom. The van der Waals surface area contributed by atoms with Crippen molar-refractivity contribution in [3.05, 3.63) is 35.9 Å². The summed E-state index contributed by atoms with van der Waals surface area (Å²) in [5.41, 5.74) is 0.381. The van der Waals surface area contributed by atoms with E-state index >= 15 is 0 Å². The van der Waals surface area contributed by atoms with E-state index in [1.165, 1.54) is 11.9 Å². The zero-order chi connectivity index (χ0) is 20.9. The number of hydrogen-bond donors (Lipinski definition) is 0. The molecule has 1 aromatic rings. The van der Waals surface area contributed by atoms with Gasteiger partial charge in [-0.05, 0) is 32.1 Å². The average molecular weight is 401 g/mol. The van der Waals surface area contributed by atoms with E-state index in [9.17, 15) is 14.4 Å². The van der Waals surface area contributed by atoms with E-state index in [2.05, 4.69) is 0 Å². The number of furan rings is 1. The molecule has 2 fully saturated rings. The molecule has 0 radical (unpaired) electrons. The van der Waals surface area contributed by atoms with Gasteiger partial charge < -0.3 is 14.1 Å². The Kier molecular flexibility index (Phi) is 4.77. The maximum Gasteiger partial charge on any atom is 0.417 e. The Labute approximate surface area is 168 Å². The first-order valence-electron chi connectivity index (χ1n) is 9.66. The molecule has 9 heteroatoms. The third-order valence-electron chi connectivity index (χ3n) is 5.50. The van der Waals surface area contributed by atoms with Crippen molar-refractivity contribution in [2.75, 3.05) is 27.2 Å². The number of carbonyl (C=O) groups is 3. The molecule has 3 unspecified atom stereocenters. The van der Waals surface area contributed by atoms with Gasteiger partial charge >= 0.3 is 6.03 Å². The molecule has 1 aromatic heterocycles. The molecule has 4 heterocycles. The molecule has 9 nitrogen and oxygen atoms in total. The summed E-state index contributed by atoms with van der Waals surface area (Å²) in [6, 6.07) is 3.13. The number of nitrogens with zero attached hydrogens (tertiary/aromatic N) is 4. The van der Waals surface area contributed by atoms with E-state index in [1.807, 2.05) is 13.8 Å². The monoisotopic (exact) mass is 401 g/mol. The van der Waals surface area contributed by atoms with Crippen molar-refractivity contribution in [3.63, 3.8) is 0 Å². The van der Waals surface area contributed by atoms with Gasteiger partial charge in [0.2, 0.25) is 0 Å². The van der Waals surface area contributed by atoms with Crippen LogP contribution in [0.2, 0.25) is 0 Å².